The van der Waals surface area contributed by atoms with Gasteiger partial charge in [-0.05, 0) is 18.4 Å². The lowest BCUT2D eigenvalue weighted by molar-refractivity contribution is -0.154. The molecule has 0 saturated heterocycles. The van der Waals surface area contributed by atoms with Crippen LogP contribution >= 0.6 is 0 Å². The van der Waals surface area contributed by atoms with E-state index in [2.05, 4.69) is 0 Å². The SMILES string of the molecule is O=C(O)C(CCc1ccccc1)C(=O)O. The highest BCUT2D eigenvalue weighted by Crippen LogP contribution is 2.10. The Balaban J connectivity index is 2.55. The monoisotopic (exact) mass is 208 g/mol. The maximum Gasteiger partial charge on any atom is 0.317 e. The lowest BCUT2D eigenvalue weighted by Crippen LogP contribution is -2.23. The van der Waals surface area contributed by atoms with Crippen molar-refractivity contribution in [2.24, 2.45) is 5.92 Å². The molecule has 0 radical (unpaired) electrons. The minimum atomic E-state index is -1.31. The zero-order valence-corrected chi connectivity index (χ0v) is 8.09. The molecule has 0 aliphatic rings. The van der Waals surface area contributed by atoms with E-state index < -0.39 is 17.9 Å². The molecule has 1 rings (SSSR count). The fourth-order valence-corrected chi connectivity index (χ4v) is 1.31. The number of hydrogen-bond acceptors (Lipinski definition) is 2. The van der Waals surface area contributed by atoms with E-state index in [-0.39, 0.29) is 6.42 Å². The summed E-state index contributed by atoms with van der Waals surface area (Å²) in [7, 11) is 0. The number of hydrogen-bond donors (Lipinski definition) is 2. The maximum absolute atomic E-state index is 10.6. The summed E-state index contributed by atoms with van der Waals surface area (Å²) in [4.78, 5) is 21.2. The second-order valence-electron chi connectivity index (χ2n) is 3.25. The average Bonchev–Trinajstić information content (AvgIpc) is 2.18. The van der Waals surface area contributed by atoms with E-state index in [1.165, 1.54) is 0 Å². The Bertz CT molecular complexity index is 331. The molecule has 1 aromatic carbocycles. The van der Waals surface area contributed by atoms with Crippen LogP contribution in [0.3, 0.4) is 0 Å². The second kappa shape index (κ2) is 5.14. The summed E-state index contributed by atoms with van der Waals surface area (Å²) < 4.78 is 0. The van der Waals surface area contributed by atoms with Crippen LogP contribution in [0.1, 0.15) is 12.0 Å². The summed E-state index contributed by atoms with van der Waals surface area (Å²) in [5.41, 5.74) is 0.949. The molecule has 2 N–H and O–H groups in total. The fourth-order valence-electron chi connectivity index (χ4n) is 1.31. The third kappa shape index (κ3) is 3.42. The van der Waals surface area contributed by atoms with E-state index in [0.717, 1.165) is 5.56 Å². The van der Waals surface area contributed by atoms with E-state index in [1.807, 2.05) is 30.3 Å². The van der Waals surface area contributed by atoms with Crippen LogP contribution in [0, 0.1) is 5.92 Å². The molecule has 80 valence electrons. The molecular weight excluding hydrogens is 196 g/mol. The Kier molecular flexibility index (Phi) is 3.85. The molecule has 0 unspecified atom stereocenters. The molecule has 4 nitrogen and oxygen atoms in total. The van der Waals surface area contributed by atoms with Gasteiger partial charge in [-0.1, -0.05) is 30.3 Å². The highest BCUT2D eigenvalue weighted by molar-refractivity contribution is 5.92. The van der Waals surface area contributed by atoms with Crippen molar-refractivity contribution < 1.29 is 19.8 Å². The third-order valence-electron chi connectivity index (χ3n) is 2.16. The first-order valence-corrected chi connectivity index (χ1v) is 4.61. The molecule has 0 aromatic heterocycles. The zero-order chi connectivity index (χ0) is 11.3. The highest BCUT2D eigenvalue weighted by atomic mass is 16.4. The number of rotatable bonds is 5. The Labute approximate surface area is 87.2 Å². The summed E-state index contributed by atoms with van der Waals surface area (Å²) >= 11 is 0. The van der Waals surface area contributed by atoms with Gasteiger partial charge in [0.2, 0.25) is 0 Å². The zero-order valence-electron chi connectivity index (χ0n) is 8.09. The first-order valence-electron chi connectivity index (χ1n) is 4.61. The van der Waals surface area contributed by atoms with E-state index in [1.54, 1.807) is 0 Å². The third-order valence-corrected chi connectivity index (χ3v) is 2.16. The van der Waals surface area contributed by atoms with Gasteiger partial charge in [-0.25, -0.2) is 0 Å². The van der Waals surface area contributed by atoms with E-state index >= 15 is 0 Å². The van der Waals surface area contributed by atoms with Crippen molar-refractivity contribution in [2.75, 3.05) is 0 Å². The van der Waals surface area contributed by atoms with Crippen molar-refractivity contribution in [1.29, 1.82) is 0 Å². The van der Waals surface area contributed by atoms with Crippen molar-refractivity contribution in [3.05, 3.63) is 35.9 Å². The molecule has 0 saturated carbocycles. The second-order valence-corrected chi connectivity index (χ2v) is 3.25. The lowest BCUT2D eigenvalue weighted by Gasteiger charge is -2.06. The predicted molar refractivity (Wildman–Crippen MR) is 53.5 cm³/mol. The summed E-state index contributed by atoms with van der Waals surface area (Å²) in [6, 6.07) is 9.23. The Hall–Kier alpha value is -1.84. The fraction of sp³-hybridized carbons (Fsp3) is 0.273. The van der Waals surface area contributed by atoms with Crippen LogP contribution in [0.5, 0.6) is 0 Å². The Morgan fingerprint density at radius 2 is 1.60 bits per heavy atom. The molecule has 0 atom stereocenters. The van der Waals surface area contributed by atoms with Gasteiger partial charge in [0.15, 0.2) is 5.92 Å². The number of carboxylic acid groups (broad SMARTS) is 2. The van der Waals surface area contributed by atoms with E-state index in [4.69, 9.17) is 10.2 Å². The van der Waals surface area contributed by atoms with Gasteiger partial charge in [-0.2, -0.15) is 0 Å². The van der Waals surface area contributed by atoms with Gasteiger partial charge in [0.25, 0.3) is 0 Å². The number of aliphatic carboxylic acids is 2. The first kappa shape index (κ1) is 11.2. The molecule has 1 aromatic rings. The van der Waals surface area contributed by atoms with E-state index in [9.17, 15) is 9.59 Å². The molecule has 15 heavy (non-hydrogen) atoms. The van der Waals surface area contributed by atoms with Crippen LogP contribution in [-0.4, -0.2) is 22.2 Å². The van der Waals surface area contributed by atoms with Crippen molar-refractivity contribution in [3.63, 3.8) is 0 Å². The van der Waals surface area contributed by atoms with Gasteiger partial charge in [0.05, 0.1) is 0 Å². The van der Waals surface area contributed by atoms with Crippen LogP contribution < -0.4 is 0 Å². The quantitative estimate of drug-likeness (QED) is 0.717. The summed E-state index contributed by atoms with van der Waals surface area (Å²) in [5.74, 6) is -3.87. The number of carboxylic acids is 2. The average molecular weight is 208 g/mol. The highest BCUT2D eigenvalue weighted by Gasteiger charge is 2.24. The van der Waals surface area contributed by atoms with Gasteiger partial charge in [-0.3, -0.25) is 9.59 Å². The van der Waals surface area contributed by atoms with Crippen LogP contribution in [0.25, 0.3) is 0 Å². The standard InChI is InChI=1S/C11H12O4/c12-10(13)9(11(14)15)7-6-8-4-2-1-3-5-8/h1-5,9H,6-7H2,(H,12,13)(H,14,15). The molecular formula is C11H12O4. The molecule has 0 amide bonds. The Morgan fingerprint density at radius 1 is 1.07 bits per heavy atom. The van der Waals surface area contributed by atoms with Crippen molar-refractivity contribution in [1.82, 2.24) is 0 Å². The molecule has 0 bridgehead atoms. The van der Waals surface area contributed by atoms with Crippen molar-refractivity contribution in [3.8, 4) is 0 Å². The molecule has 0 aliphatic heterocycles. The number of aryl methyl sites for hydroxylation is 1. The summed E-state index contributed by atoms with van der Waals surface area (Å²) in [5, 5.41) is 17.3. The predicted octanol–water partition coefficient (Wildman–Crippen LogP) is 1.40. The van der Waals surface area contributed by atoms with E-state index in [0.29, 0.717) is 6.42 Å². The minimum Gasteiger partial charge on any atom is -0.481 e. The molecule has 0 heterocycles. The topological polar surface area (TPSA) is 74.6 Å². The van der Waals surface area contributed by atoms with Gasteiger partial charge >= 0.3 is 11.9 Å². The van der Waals surface area contributed by atoms with Crippen LogP contribution in [0.15, 0.2) is 30.3 Å². The van der Waals surface area contributed by atoms with Gasteiger partial charge < -0.3 is 10.2 Å². The van der Waals surface area contributed by atoms with Gasteiger partial charge in [-0.15, -0.1) is 0 Å². The van der Waals surface area contributed by atoms with Gasteiger partial charge in [0, 0.05) is 0 Å². The first-order chi connectivity index (χ1) is 7.11. The molecule has 0 spiro atoms. The van der Waals surface area contributed by atoms with Crippen molar-refractivity contribution in [2.45, 2.75) is 12.8 Å². The smallest absolute Gasteiger partial charge is 0.317 e. The van der Waals surface area contributed by atoms with Crippen LogP contribution in [0.2, 0.25) is 0 Å². The Morgan fingerprint density at radius 3 is 2.07 bits per heavy atom. The molecule has 0 fully saturated rings. The summed E-state index contributed by atoms with van der Waals surface area (Å²) in [6.45, 7) is 0. The molecule has 0 aliphatic carbocycles. The van der Waals surface area contributed by atoms with Crippen LogP contribution in [0.4, 0.5) is 0 Å². The summed E-state index contributed by atoms with van der Waals surface area (Å²) in [6.07, 6.45) is 0.582. The van der Waals surface area contributed by atoms with Crippen LogP contribution in [-0.2, 0) is 16.0 Å². The largest absolute Gasteiger partial charge is 0.481 e. The molecule has 4 heteroatoms. The lowest BCUT2D eigenvalue weighted by atomic mass is 10.00. The van der Waals surface area contributed by atoms with Crippen molar-refractivity contribution >= 4 is 11.9 Å². The maximum atomic E-state index is 10.6. The number of carbonyl (C=O) groups is 2. The normalized spacial score (nSPS) is 10.2. The minimum absolute atomic E-state index is 0.120. The number of benzene rings is 1. The van der Waals surface area contributed by atoms with Gasteiger partial charge in [0.1, 0.15) is 0 Å².